The van der Waals surface area contributed by atoms with Crippen LogP contribution in [0.1, 0.15) is 33.6 Å². The van der Waals surface area contributed by atoms with E-state index in [0.717, 1.165) is 5.57 Å². The second-order valence-electron chi connectivity index (χ2n) is 7.02. The largest absolute Gasteiger partial charge is 0.394 e. The highest BCUT2D eigenvalue weighted by Gasteiger charge is 2.47. The highest BCUT2D eigenvalue weighted by molar-refractivity contribution is 5.15. The second kappa shape index (κ2) is 7.14. The van der Waals surface area contributed by atoms with Crippen molar-refractivity contribution in [2.75, 3.05) is 6.61 Å². The molecule has 0 aromatic rings. The van der Waals surface area contributed by atoms with Gasteiger partial charge in [-0.15, -0.1) is 0 Å². The zero-order valence-corrected chi connectivity index (χ0v) is 13.8. The molecule has 0 bridgehead atoms. The smallest absolute Gasteiger partial charge is 0.187 e. The van der Waals surface area contributed by atoms with Gasteiger partial charge in [0.1, 0.15) is 24.4 Å². The van der Waals surface area contributed by atoms with E-state index in [-0.39, 0.29) is 0 Å². The van der Waals surface area contributed by atoms with E-state index in [1.54, 1.807) is 6.92 Å². The van der Waals surface area contributed by atoms with E-state index in [0.29, 0.717) is 18.8 Å². The Morgan fingerprint density at radius 3 is 2.48 bits per heavy atom. The molecule has 0 amide bonds. The molecular formula is C16H28O7. The van der Waals surface area contributed by atoms with E-state index in [2.05, 4.69) is 13.8 Å². The molecule has 2 aliphatic rings. The minimum atomic E-state index is -1.49. The molecule has 1 heterocycles. The molecule has 0 aromatic carbocycles. The maximum Gasteiger partial charge on any atom is 0.187 e. The molecule has 1 fully saturated rings. The number of hydrogen-bond donors (Lipinski definition) is 5. The molecule has 0 saturated carbocycles. The number of rotatable bonds is 4. The van der Waals surface area contributed by atoms with Crippen LogP contribution in [0.4, 0.5) is 0 Å². The first-order valence-electron chi connectivity index (χ1n) is 8.04. The van der Waals surface area contributed by atoms with Gasteiger partial charge in [-0.05, 0) is 25.7 Å². The summed E-state index contributed by atoms with van der Waals surface area (Å²) in [5, 5.41) is 49.4. The Labute approximate surface area is 136 Å². The van der Waals surface area contributed by atoms with Crippen LogP contribution in [0.25, 0.3) is 0 Å². The maximum absolute atomic E-state index is 10.5. The van der Waals surface area contributed by atoms with Crippen LogP contribution in [0, 0.1) is 5.92 Å². The first-order valence-corrected chi connectivity index (χ1v) is 8.04. The predicted molar refractivity (Wildman–Crippen MR) is 81.4 cm³/mol. The van der Waals surface area contributed by atoms with E-state index in [1.807, 2.05) is 6.08 Å². The molecule has 1 saturated heterocycles. The lowest BCUT2D eigenvalue weighted by molar-refractivity contribution is -0.323. The molecule has 1 aliphatic heterocycles. The molecule has 1 aliphatic carbocycles. The molecule has 7 heteroatoms. The van der Waals surface area contributed by atoms with Crippen LogP contribution < -0.4 is 0 Å². The summed E-state index contributed by atoms with van der Waals surface area (Å²) in [6.45, 7) is 5.24. The average molecular weight is 332 g/mol. The van der Waals surface area contributed by atoms with Gasteiger partial charge in [-0.3, -0.25) is 0 Å². The monoisotopic (exact) mass is 332 g/mol. The minimum absolute atomic E-state index is 0.312. The summed E-state index contributed by atoms with van der Waals surface area (Å²) in [6, 6.07) is 0. The van der Waals surface area contributed by atoms with Gasteiger partial charge in [0, 0.05) is 0 Å². The van der Waals surface area contributed by atoms with Crippen LogP contribution in [0.2, 0.25) is 0 Å². The van der Waals surface area contributed by atoms with Crippen LogP contribution in [0.5, 0.6) is 0 Å². The third kappa shape index (κ3) is 3.93. The van der Waals surface area contributed by atoms with Crippen molar-refractivity contribution in [3.63, 3.8) is 0 Å². The summed E-state index contributed by atoms with van der Waals surface area (Å²) in [7, 11) is 0. The molecule has 0 radical (unpaired) electrons. The molecule has 7 atom stereocenters. The lowest BCUT2D eigenvalue weighted by Gasteiger charge is -2.44. The average Bonchev–Trinajstić information content (AvgIpc) is 2.49. The Morgan fingerprint density at radius 2 is 1.91 bits per heavy atom. The molecule has 2 rings (SSSR count). The minimum Gasteiger partial charge on any atom is -0.394 e. The summed E-state index contributed by atoms with van der Waals surface area (Å²) >= 11 is 0. The van der Waals surface area contributed by atoms with E-state index in [4.69, 9.17) is 9.47 Å². The van der Waals surface area contributed by atoms with E-state index in [1.165, 1.54) is 0 Å². The third-order valence-corrected chi connectivity index (χ3v) is 4.78. The number of ether oxygens (including phenoxy) is 2. The zero-order chi connectivity index (χ0) is 17.4. The van der Waals surface area contributed by atoms with Crippen molar-refractivity contribution in [3.05, 3.63) is 11.6 Å². The SMILES string of the molecule is CC(C)C1=CCC(C)(O)C(OC2OC(CO)C(O)C(O)C2O)C1. The van der Waals surface area contributed by atoms with Gasteiger partial charge < -0.3 is 35.0 Å². The molecule has 0 aromatic heterocycles. The molecule has 134 valence electrons. The van der Waals surface area contributed by atoms with Crippen molar-refractivity contribution >= 4 is 0 Å². The van der Waals surface area contributed by atoms with Gasteiger partial charge in [-0.25, -0.2) is 0 Å². The molecule has 0 spiro atoms. The second-order valence-corrected chi connectivity index (χ2v) is 7.02. The Bertz CT molecular complexity index is 432. The highest BCUT2D eigenvalue weighted by Crippen LogP contribution is 2.35. The van der Waals surface area contributed by atoms with Crippen molar-refractivity contribution in [3.8, 4) is 0 Å². The summed E-state index contributed by atoms with van der Waals surface area (Å²) in [5.41, 5.74) is 0.0168. The first-order chi connectivity index (χ1) is 10.7. The van der Waals surface area contributed by atoms with Gasteiger partial charge in [0.25, 0.3) is 0 Å². The van der Waals surface area contributed by atoms with Crippen molar-refractivity contribution in [2.24, 2.45) is 5.92 Å². The maximum atomic E-state index is 10.5. The van der Waals surface area contributed by atoms with Gasteiger partial charge in [-0.2, -0.15) is 0 Å². The fraction of sp³-hybridized carbons (Fsp3) is 0.875. The summed E-state index contributed by atoms with van der Waals surface area (Å²) in [5.74, 6) is 0.312. The van der Waals surface area contributed by atoms with Gasteiger partial charge in [0.05, 0.1) is 18.3 Å². The molecule has 23 heavy (non-hydrogen) atoms. The molecule has 7 nitrogen and oxygen atoms in total. The van der Waals surface area contributed by atoms with Gasteiger partial charge in [0.15, 0.2) is 6.29 Å². The van der Waals surface area contributed by atoms with E-state index in [9.17, 15) is 25.5 Å². The standard InChI is InChI=1S/C16H28O7/c1-8(2)9-4-5-16(3,21)11(6-9)23-15-14(20)13(19)12(18)10(7-17)22-15/h4,8,10-15,17-21H,5-7H2,1-3H3. The Morgan fingerprint density at radius 1 is 1.26 bits per heavy atom. The van der Waals surface area contributed by atoms with Gasteiger partial charge in [0.2, 0.25) is 0 Å². The van der Waals surface area contributed by atoms with E-state index >= 15 is 0 Å². The van der Waals surface area contributed by atoms with Crippen molar-refractivity contribution in [1.29, 1.82) is 0 Å². The fourth-order valence-corrected chi connectivity index (χ4v) is 2.99. The number of aliphatic hydroxyl groups excluding tert-OH is 4. The van der Waals surface area contributed by atoms with Crippen molar-refractivity contribution in [2.45, 2.75) is 76.0 Å². The predicted octanol–water partition coefficient (Wildman–Crippen LogP) is -0.701. The normalized spacial score (nSPS) is 45.2. The van der Waals surface area contributed by atoms with E-state index < -0.39 is 49.0 Å². The topological polar surface area (TPSA) is 120 Å². The van der Waals surface area contributed by atoms with Gasteiger partial charge in [-0.1, -0.05) is 25.5 Å². The summed E-state index contributed by atoms with van der Waals surface area (Å²) in [4.78, 5) is 0. The summed E-state index contributed by atoms with van der Waals surface area (Å²) < 4.78 is 11.1. The number of aliphatic hydroxyl groups is 5. The molecular weight excluding hydrogens is 304 g/mol. The highest BCUT2D eigenvalue weighted by atomic mass is 16.7. The van der Waals surface area contributed by atoms with Crippen LogP contribution >= 0.6 is 0 Å². The van der Waals surface area contributed by atoms with Crippen molar-refractivity contribution in [1.82, 2.24) is 0 Å². The third-order valence-electron chi connectivity index (χ3n) is 4.78. The van der Waals surface area contributed by atoms with Crippen LogP contribution in [-0.4, -0.2) is 74.6 Å². The lowest BCUT2D eigenvalue weighted by Crippen LogP contribution is -2.61. The fourth-order valence-electron chi connectivity index (χ4n) is 2.99. The Kier molecular flexibility index (Phi) is 5.84. The Hall–Kier alpha value is -0.540. The lowest BCUT2D eigenvalue weighted by atomic mass is 9.80. The Balaban J connectivity index is 2.11. The van der Waals surface area contributed by atoms with Crippen LogP contribution in [-0.2, 0) is 9.47 Å². The van der Waals surface area contributed by atoms with Gasteiger partial charge >= 0.3 is 0 Å². The van der Waals surface area contributed by atoms with Crippen LogP contribution in [0.15, 0.2) is 11.6 Å². The summed E-state index contributed by atoms with van der Waals surface area (Å²) in [6.07, 6.45) is -4.34. The molecule has 7 unspecified atom stereocenters. The quantitative estimate of drug-likeness (QED) is 0.432. The number of hydrogen-bond acceptors (Lipinski definition) is 7. The molecule has 5 N–H and O–H groups in total. The van der Waals surface area contributed by atoms with Crippen molar-refractivity contribution < 1.29 is 35.0 Å². The first kappa shape index (κ1) is 18.8. The van der Waals surface area contributed by atoms with Crippen LogP contribution in [0.3, 0.4) is 0 Å². The zero-order valence-electron chi connectivity index (χ0n) is 13.8.